The molecule has 2 N–H and O–H groups in total. The fourth-order valence-corrected chi connectivity index (χ4v) is 4.01. The largest absolute Gasteiger partial charge is 0.481 e. The van der Waals surface area contributed by atoms with E-state index in [2.05, 4.69) is 5.32 Å². The lowest BCUT2D eigenvalue weighted by Crippen LogP contribution is -2.43. The highest BCUT2D eigenvalue weighted by Crippen LogP contribution is 2.40. The highest BCUT2D eigenvalue weighted by molar-refractivity contribution is 5.88. The highest BCUT2D eigenvalue weighted by atomic mass is 16.4. The fraction of sp³-hybridized carbons (Fsp3) is 0.273. The smallest absolute Gasteiger partial charge is 0.304 e. The van der Waals surface area contributed by atoms with Crippen LogP contribution in [0.5, 0.6) is 0 Å². The molecule has 1 aliphatic rings. The van der Waals surface area contributed by atoms with Gasteiger partial charge in [-0.15, -0.1) is 0 Å². The minimum atomic E-state index is -0.961. The standard InChI is InChI=1S/C22H21NO4/c1-14-6-7-19-17(8-14)9-18(27-19)13-23-21(26)22(12-20(24)25)10-15-4-2-3-5-16(15)11-22/h2-9H,10-13H2,1H3,(H,23,26)(H,24,25). The summed E-state index contributed by atoms with van der Waals surface area (Å²) in [7, 11) is 0. The molecule has 1 aromatic heterocycles. The SMILES string of the molecule is Cc1ccc2oc(CNC(=O)C3(CC(=O)O)Cc4ccccc4C3)cc2c1. The van der Waals surface area contributed by atoms with Gasteiger partial charge in [-0.1, -0.05) is 35.9 Å². The number of nitrogens with one attached hydrogen (secondary N) is 1. The van der Waals surface area contributed by atoms with Crippen molar-refractivity contribution in [3.8, 4) is 0 Å². The molecule has 1 aliphatic carbocycles. The van der Waals surface area contributed by atoms with E-state index in [1.54, 1.807) is 0 Å². The van der Waals surface area contributed by atoms with Crippen LogP contribution in [0.2, 0.25) is 0 Å². The first-order valence-electron chi connectivity index (χ1n) is 9.01. The summed E-state index contributed by atoms with van der Waals surface area (Å²) in [5.74, 6) is -0.542. The van der Waals surface area contributed by atoms with Gasteiger partial charge in [-0.3, -0.25) is 9.59 Å². The molecule has 1 heterocycles. The van der Waals surface area contributed by atoms with Crippen LogP contribution < -0.4 is 5.32 Å². The lowest BCUT2D eigenvalue weighted by atomic mass is 9.80. The van der Waals surface area contributed by atoms with E-state index in [0.717, 1.165) is 27.7 Å². The second-order valence-corrected chi connectivity index (χ2v) is 7.41. The lowest BCUT2D eigenvalue weighted by Gasteiger charge is -2.25. The maximum absolute atomic E-state index is 13.0. The second-order valence-electron chi connectivity index (χ2n) is 7.41. The van der Waals surface area contributed by atoms with E-state index in [4.69, 9.17) is 4.42 Å². The Hall–Kier alpha value is -3.08. The van der Waals surface area contributed by atoms with E-state index in [1.807, 2.05) is 55.5 Å². The van der Waals surface area contributed by atoms with Gasteiger partial charge in [0.15, 0.2) is 0 Å². The number of furan rings is 1. The van der Waals surface area contributed by atoms with Gasteiger partial charge < -0.3 is 14.8 Å². The summed E-state index contributed by atoms with van der Waals surface area (Å²) in [6.45, 7) is 2.26. The van der Waals surface area contributed by atoms with E-state index in [-0.39, 0.29) is 18.9 Å². The van der Waals surface area contributed by atoms with Crippen LogP contribution in [-0.4, -0.2) is 17.0 Å². The van der Waals surface area contributed by atoms with E-state index in [0.29, 0.717) is 18.6 Å². The van der Waals surface area contributed by atoms with Crippen LogP contribution >= 0.6 is 0 Å². The zero-order chi connectivity index (χ0) is 19.0. The van der Waals surface area contributed by atoms with Crippen molar-refractivity contribution in [2.45, 2.75) is 32.7 Å². The molecule has 1 amide bonds. The van der Waals surface area contributed by atoms with Crippen LogP contribution in [0.3, 0.4) is 0 Å². The van der Waals surface area contributed by atoms with Crippen molar-refractivity contribution in [2.24, 2.45) is 5.41 Å². The zero-order valence-electron chi connectivity index (χ0n) is 15.1. The van der Waals surface area contributed by atoms with Crippen molar-refractivity contribution in [1.29, 1.82) is 0 Å². The molecule has 0 aliphatic heterocycles. The molecule has 0 saturated carbocycles. The number of fused-ring (bicyclic) bond motifs is 2. The molecule has 5 nitrogen and oxygen atoms in total. The normalized spacial score (nSPS) is 14.9. The highest BCUT2D eigenvalue weighted by Gasteiger charge is 2.45. The number of aliphatic carboxylic acids is 1. The summed E-state index contributed by atoms with van der Waals surface area (Å²) < 4.78 is 5.78. The van der Waals surface area contributed by atoms with Gasteiger partial charge >= 0.3 is 5.97 Å². The number of benzene rings is 2. The molecule has 3 aromatic rings. The number of hydrogen-bond acceptors (Lipinski definition) is 3. The van der Waals surface area contributed by atoms with Gasteiger partial charge in [-0.05, 0) is 49.1 Å². The van der Waals surface area contributed by atoms with Crippen LogP contribution in [-0.2, 0) is 29.0 Å². The quantitative estimate of drug-likeness (QED) is 0.726. The molecule has 0 atom stereocenters. The van der Waals surface area contributed by atoms with Crippen LogP contribution in [0.25, 0.3) is 11.0 Å². The summed E-state index contributed by atoms with van der Waals surface area (Å²) in [5, 5.41) is 13.3. The third kappa shape index (κ3) is 3.33. The van der Waals surface area contributed by atoms with Crippen molar-refractivity contribution in [3.63, 3.8) is 0 Å². The Labute approximate surface area is 157 Å². The topological polar surface area (TPSA) is 79.5 Å². The second kappa shape index (κ2) is 6.58. The Balaban J connectivity index is 1.53. The third-order valence-corrected chi connectivity index (χ3v) is 5.29. The monoisotopic (exact) mass is 363 g/mol. The van der Waals surface area contributed by atoms with E-state index < -0.39 is 11.4 Å². The number of aryl methyl sites for hydroxylation is 1. The Morgan fingerprint density at radius 1 is 1.11 bits per heavy atom. The minimum absolute atomic E-state index is 0.188. The minimum Gasteiger partial charge on any atom is -0.481 e. The number of carbonyl (C=O) groups excluding carboxylic acids is 1. The molecule has 0 bridgehead atoms. The van der Waals surface area contributed by atoms with Crippen LogP contribution in [0.1, 0.15) is 28.9 Å². The Bertz CT molecular complexity index is 1010. The Morgan fingerprint density at radius 3 is 2.48 bits per heavy atom. The molecule has 0 saturated heterocycles. The predicted molar refractivity (Wildman–Crippen MR) is 101 cm³/mol. The lowest BCUT2D eigenvalue weighted by molar-refractivity contribution is -0.145. The number of rotatable bonds is 5. The average Bonchev–Trinajstić information content (AvgIpc) is 3.19. The maximum Gasteiger partial charge on any atom is 0.304 e. The van der Waals surface area contributed by atoms with Gasteiger partial charge in [0.2, 0.25) is 5.91 Å². The molecular formula is C22H21NO4. The third-order valence-electron chi connectivity index (χ3n) is 5.29. The number of hydrogen-bond donors (Lipinski definition) is 2. The summed E-state index contributed by atoms with van der Waals surface area (Å²) in [5.41, 5.74) is 3.07. The first kappa shape index (κ1) is 17.3. The van der Waals surface area contributed by atoms with Crippen molar-refractivity contribution in [3.05, 3.63) is 71.0 Å². The summed E-state index contributed by atoms with van der Waals surface area (Å²) in [6, 6.07) is 15.6. The predicted octanol–water partition coefficient (Wildman–Crippen LogP) is 3.62. The zero-order valence-corrected chi connectivity index (χ0v) is 15.1. The molecule has 0 unspecified atom stereocenters. The molecule has 0 fully saturated rings. The maximum atomic E-state index is 13.0. The van der Waals surface area contributed by atoms with Gasteiger partial charge in [0.25, 0.3) is 0 Å². The summed E-state index contributed by atoms with van der Waals surface area (Å²) in [6.07, 6.45) is 0.702. The van der Waals surface area contributed by atoms with Crippen molar-refractivity contribution < 1.29 is 19.1 Å². The number of amides is 1. The van der Waals surface area contributed by atoms with Crippen molar-refractivity contribution in [2.75, 3.05) is 0 Å². The van der Waals surface area contributed by atoms with Crippen molar-refractivity contribution in [1.82, 2.24) is 5.32 Å². The van der Waals surface area contributed by atoms with Crippen LogP contribution in [0.4, 0.5) is 0 Å². The molecule has 5 heteroatoms. The van der Waals surface area contributed by atoms with Crippen molar-refractivity contribution >= 4 is 22.8 Å². The van der Waals surface area contributed by atoms with Gasteiger partial charge in [0.05, 0.1) is 18.4 Å². The molecule has 4 rings (SSSR count). The summed E-state index contributed by atoms with van der Waals surface area (Å²) >= 11 is 0. The molecular weight excluding hydrogens is 342 g/mol. The van der Waals surface area contributed by atoms with Crippen LogP contribution in [0.15, 0.2) is 52.9 Å². The van der Waals surface area contributed by atoms with Crippen LogP contribution in [0, 0.1) is 12.3 Å². The first-order valence-corrected chi connectivity index (χ1v) is 9.01. The number of carboxylic acids is 1. The summed E-state index contributed by atoms with van der Waals surface area (Å²) in [4.78, 5) is 24.4. The molecule has 0 radical (unpaired) electrons. The average molecular weight is 363 g/mol. The van der Waals surface area contributed by atoms with E-state index in [1.165, 1.54) is 0 Å². The van der Waals surface area contributed by atoms with Gasteiger partial charge in [-0.2, -0.15) is 0 Å². The number of carbonyl (C=O) groups is 2. The Kier molecular flexibility index (Phi) is 4.22. The Morgan fingerprint density at radius 2 is 1.81 bits per heavy atom. The fourth-order valence-electron chi connectivity index (χ4n) is 4.01. The van der Waals surface area contributed by atoms with Gasteiger partial charge in [0.1, 0.15) is 11.3 Å². The molecule has 0 spiro atoms. The van der Waals surface area contributed by atoms with Gasteiger partial charge in [0, 0.05) is 5.39 Å². The van der Waals surface area contributed by atoms with E-state index >= 15 is 0 Å². The molecule has 138 valence electrons. The molecule has 27 heavy (non-hydrogen) atoms. The van der Waals surface area contributed by atoms with Gasteiger partial charge in [-0.25, -0.2) is 0 Å². The molecule has 2 aromatic carbocycles. The first-order chi connectivity index (χ1) is 12.9. The number of carboxylic acid groups (broad SMARTS) is 1. The van der Waals surface area contributed by atoms with E-state index in [9.17, 15) is 14.7 Å².